The lowest BCUT2D eigenvalue weighted by Gasteiger charge is -2.20. The van der Waals surface area contributed by atoms with Gasteiger partial charge >= 0.3 is 0 Å². The fourth-order valence-corrected chi connectivity index (χ4v) is 3.21. The van der Waals surface area contributed by atoms with Crippen molar-refractivity contribution in [3.05, 3.63) is 50.9 Å². The fourth-order valence-electron chi connectivity index (χ4n) is 2.09. The van der Waals surface area contributed by atoms with Crippen LogP contribution in [0.5, 0.6) is 0 Å². The van der Waals surface area contributed by atoms with Crippen LogP contribution in [-0.4, -0.2) is 4.98 Å². The van der Waals surface area contributed by atoms with Crippen LogP contribution in [0.4, 0.5) is 0 Å². The van der Waals surface area contributed by atoms with E-state index >= 15 is 0 Å². The highest BCUT2D eigenvalue weighted by Gasteiger charge is 2.15. The van der Waals surface area contributed by atoms with Gasteiger partial charge in [-0.15, -0.1) is 11.3 Å². The third-order valence-electron chi connectivity index (χ3n) is 3.05. The summed E-state index contributed by atoms with van der Waals surface area (Å²) < 4.78 is 0. The molecular weight excluding hydrogens is 264 g/mol. The molecule has 0 aliphatic heterocycles. The van der Waals surface area contributed by atoms with Gasteiger partial charge in [0, 0.05) is 22.0 Å². The average Bonchev–Trinajstić information content (AvgIpc) is 2.76. The van der Waals surface area contributed by atoms with E-state index in [0.29, 0.717) is 0 Å². The van der Waals surface area contributed by atoms with Gasteiger partial charge in [0.1, 0.15) is 0 Å². The monoisotopic (exact) mass is 280 g/mol. The molecule has 2 unspecified atom stereocenters. The molecule has 1 aromatic carbocycles. The predicted octanol–water partition coefficient (Wildman–Crippen LogP) is 4.52. The minimum Gasteiger partial charge on any atom is -0.303 e. The number of benzene rings is 1. The molecule has 0 fully saturated rings. The van der Waals surface area contributed by atoms with Crippen LogP contribution in [-0.2, 0) is 0 Å². The Morgan fingerprint density at radius 3 is 2.56 bits per heavy atom. The van der Waals surface area contributed by atoms with Crippen molar-refractivity contribution < 1.29 is 0 Å². The number of aromatic nitrogens is 1. The second-order valence-corrected chi connectivity index (χ2v) is 5.73. The molecule has 0 saturated carbocycles. The van der Waals surface area contributed by atoms with Crippen molar-refractivity contribution in [3.63, 3.8) is 0 Å². The van der Waals surface area contributed by atoms with Crippen LogP contribution in [0, 0.1) is 6.92 Å². The Hall–Kier alpha value is -0.900. The standard InChI is InChI=1S/C14H17ClN2S/c1-9(12-6-4-5-7-13(12)15)17-11(3)14-10(2)16-8-18-14/h4-9,11,17H,1-3H3. The summed E-state index contributed by atoms with van der Waals surface area (Å²) in [5, 5.41) is 4.38. The normalized spacial score (nSPS) is 14.4. The molecule has 0 amide bonds. The average molecular weight is 281 g/mol. The minimum absolute atomic E-state index is 0.218. The molecule has 2 nitrogen and oxygen atoms in total. The number of nitrogens with one attached hydrogen (secondary N) is 1. The molecular formula is C14H17ClN2S. The Morgan fingerprint density at radius 2 is 1.94 bits per heavy atom. The first-order valence-electron chi connectivity index (χ1n) is 6.00. The van der Waals surface area contributed by atoms with Gasteiger partial charge in [-0.2, -0.15) is 0 Å². The summed E-state index contributed by atoms with van der Waals surface area (Å²) in [7, 11) is 0. The quantitative estimate of drug-likeness (QED) is 0.891. The molecule has 2 aromatic rings. The summed E-state index contributed by atoms with van der Waals surface area (Å²) in [4.78, 5) is 5.57. The number of halogens is 1. The summed E-state index contributed by atoms with van der Waals surface area (Å²) in [6, 6.07) is 8.46. The van der Waals surface area contributed by atoms with Gasteiger partial charge in [-0.3, -0.25) is 0 Å². The van der Waals surface area contributed by atoms with Gasteiger partial charge < -0.3 is 5.32 Å². The third kappa shape index (κ3) is 2.91. The largest absolute Gasteiger partial charge is 0.303 e. The molecule has 18 heavy (non-hydrogen) atoms. The Morgan fingerprint density at radius 1 is 1.22 bits per heavy atom. The number of thiazole rings is 1. The van der Waals surface area contributed by atoms with Crippen LogP contribution >= 0.6 is 22.9 Å². The van der Waals surface area contributed by atoms with Crippen LogP contribution < -0.4 is 5.32 Å². The van der Waals surface area contributed by atoms with Gasteiger partial charge in [0.2, 0.25) is 0 Å². The topological polar surface area (TPSA) is 24.9 Å². The van der Waals surface area contributed by atoms with Crippen molar-refractivity contribution in [2.75, 3.05) is 0 Å². The van der Waals surface area contributed by atoms with E-state index < -0.39 is 0 Å². The van der Waals surface area contributed by atoms with Crippen molar-refractivity contribution in [2.45, 2.75) is 32.9 Å². The number of aryl methyl sites for hydroxylation is 1. The zero-order valence-corrected chi connectivity index (χ0v) is 12.3. The number of rotatable bonds is 4. The third-order valence-corrected chi connectivity index (χ3v) is 4.51. The van der Waals surface area contributed by atoms with Crippen molar-refractivity contribution >= 4 is 22.9 Å². The summed E-state index contributed by atoms with van der Waals surface area (Å²) in [6.07, 6.45) is 0. The molecule has 0 saturated heterocycles. The van der Waals surface area contributed by atoms with E-state index in [9.17, 15) is 0 Å². The van der Waals surface area contributed by atoms with Gasteiger partial charge in [0.15, 0.2) is 0 Å². The lowest BCUT2D eigenvalue weighted by Crippen LogP contribution is -2.22. The van der Waals surface area contributed by atoms with Crippen LogP contribution in [0.1, 0.15) is 42.1 Å². The molecule has 96 valence electrons. The highest BCUT2D eigenvalue weighted by atomic mass is 35.5. The van der Waals surface area contributed by atoms with Crippen molar-refractivity contribution in [2.24, 2.45) is 0 Å². The number of hydrogen-bond donors (Lipinski definition) is 1. The molecule has 4 heteroatoms. The lowest BCUT2D eigenvalue weighted by molar-refractivity contribution is 0.498. The van der Waals surface area contributed by atoms with E-state index in [2.05, 4.69) is 30.2 Å². The number of nitrogens with zero attached hydrogens (tertiary/aromatic N) is 1. The molecule has 0 aliphatic carbocycles. The first-order chi connectivity index (χ1) is 8.59. The van der Waals surface area contributed by atoms with E-state index in [4.69, 9.17) is 11.6 Å². The Kier molecular flexibility index (Phi) is 4.38. The van der Waals surface area contributed by atoms with Gasteiger partial charge in [0.25, 0.3) is 0 Å². The molecule has 1 N–H and O–H groups in total. The van der Waals surface area contributed by atoms with Gasteiger partial charge in [-0.25, -0.2) is 4.98 Å². The van der Waals surface area contributed by atoms with Crippen LogP contribution in [0.2, 0.25) is 5.02 Å². The lowest BCUT2D eigenvalue weighted by atomic mass is 10.1. The van der Waals surface area contributed by atoms with Gasteiger partial charge in [-0.1, -0.05) is 29.8 Å². The van der Waals surface area contributed by atoms with E-state index in [0.717, 1.165) is 16.3 Å². The number of hydrogen-bond acceptors (Lipinski definition) is 3. The zero-order valence-electron chi connectivity index (χ0n) is 10.8. The zero-order chi connectivity index (χ0) is 13.1. The molecule has 0 bridgehead atoms. The summed E-state index contributed by atoms with van der Waals surface area (Å²) in [5.41, 5.74) is 4.13. The van der Waals surface area contributed by atoms with Crippen LogP contribution in [0.15, 0.2) is 29.8 Å². The fraction of sp³-hybridized carbons (Fsp3) is 0.357. The second kappa shape index (κ2) is 5.83. The van der Waals surface area contributed by atoms with E-state index in [-0.39, 0.29) is 12.1 Å². The van der Waals surface area contributed by atoms with E-state index in [1.807, 2.05) is 30.6 Å². The highest BCUT2D eigenvalue weighted by molar-refractivity contribution is 7.09. The predicted molar refractivity (Wildman–Crippen MR) is 78.3 cm³/mol. The molecule has 0 aliphatic rings. The first-order valence-corrected chi connectivity index (χ1v) is 7.25. The Balaban J connectivity index is 2.11. The minimum atomic E-state index is 0.218. The van der Waals surface area contributed by atoms with Crippen LogP contribution in [0.25, 0.3) is 0 Å². The Bertz CT molecular complexity index is 524. The summed E-state index contributed by atoms with van der Waals surface area (Å²) in [5.74, 6) is 0. The molecule has 0 radical (unpaired) electrons. The molecule has 2 atom stereocenters. The summed E-state index contributed by atoms with van der Waals surface area (Å²) >= 11 is 7.90. The Labute approximate surface area is 117 Å². The maximum atomic E-state index is 6.21. The first kappa shape index (κ1) is 13.5. The van der Waals surface area contributed by atoms with Crippen molar-refractivity contribution in [1.82, 2.24) is 10.3 Å². The van der Waals surface area contributed by atoms with E-state index in [1.165, 1.54) is 4.88 Å². The van der Waals surface area contributed by atoms with E-state index in [1.54, 1.807) is 11.3 Å². The van der Waals surface area contributed by atoms with Crippen molar-refractivity contribution in [1.29, 1.82) is 0 Å². The van der Waals surface area contributed by atoms with Gasteiger partial charge in [-0.05, 0) is 32.4 Å². The SMILES string of the molecule is Cc1ncsc1C(C)NC(C)c1ccccc1Cl. The maximum Gasteiger partial charge on any atom is 0.0798 e. The van der Waals surface area contributed by atoms with Gasteiger partial charge in [0.05, 0.1) is 11.2 Å². The smallest absolute Gasteiger partial charge is 0.0798 e. The molecule has 1 heterocycles. The van der Waals surface area contributed by atoms with Crippen molar-refractivity contribution in [3.8, 4) is 0 Å². The molecule has 0 spiro atoms. The second-order valence-electron chi connectivity index (χ2n) is 4.43. The molecule has 1 aromatic heterocycles. The molecule has 2 rings (SSSR count). The van der Waals surface area contributed by atoms with Crippen LogP contribution in [0.3, 0.4) is 0 Å². The summed E-state index contributed by atoms with van der Waals surface area (Å²) in [6.45, 7) is 6.34. The highest BCUT2D eigenvalue weighted by Crippen LogP contribution is 2.27. The maximum absolute atomic E-state index is 6.21.